The highest BCUT2D eigenvalue weighted by Gasteiger charge is 2.31. The molecule has 9 N–H and O–H groups in total. The topological polar surface area (TPSA) is 222 Å². The fraction of sp³-hybridized carbons (Fsp3) is 0.636. The summed E-state index contributed by atoms with van der Waals surface area (Å²) in [4.78, 5) is 68.2. The molecule has 202 valence electrons. The molecule has 4 amide bonds. The molecule has 4 atom stereocenters. The number of hydrogen-bond donors (Lipinski definition) is 7. The number of imidazole rings is 1. The van der Waals surface area contributed by atoms with Crippen LogP contribution in [0.3, 0.4) is 0 Å². The minimum atomic E-state index is -1.23. The summed E-state index contributed by atoms with van der Waals surface area (Å²) < 4.78 is 0. The smallest absolute Gasteiger partial charge is 0.326 e. The number of carbonyl (C=O) groups excluding carboxylic acids is 4. The van der Waals surface area contributed by atoms with Crippen LogP contribution in [0.15, 0.2) is 12.5 Å². The Hall–Kier alpha value is -3.13. The van der Waals surface area contributed by atoms with Gasteiger partial charge < -0.3 is 37.5 Å². The lowest BCUT2D eigenvalue weighted by Gasteiger charge is -2.26. The van der Waals surface area contributed by atoms with E-state index >= 15 is 0 Å². The first-order valence-corrected chi connectivity index (χ1v) is 13.0. The first kappa shape index (κ1) is 30.9. The van der Waals surface area contributed by atoms with Crippen LogP contribution in [0.4, 0.5) is 0 Å². The van der Waals surface area contributed by atoms with Crippen molar-refractivity contribution in [3.8, 4) is 0 Å². The quantitative estimate of drug-likeness (QED) is 0.130. The van der Waals surface area contributed by atoms with Crippen molar-refractivity contribution in [2.75, 3.05) is 12.0 Å². The summed E-state index contributed by atoms with van der Waals surface area (Å²) in [5, 5.41) is 17.0. The number of primary amides is 1. The number of hydrogen-bond acceptors (Lipinski definition) is 8. The van der Waals surface area contributed by atoms with Crippen molar-refractivity contribution in [1.82, 2.24) is 25.9 Å². The molecule has 1 aromatic heterocycles. The van der Waals surface area contributed by atoms with Crippen molar-refractivity contribution in [2.45, 2.75) is 70.1 Å². The molecule has 0 spiro atoms. The van der Waals surface area contributed by atoms with Gasteiger partial charge in [0.1, 0.15) is 18.1 Å². The summed E-state index contributed by atoms with van der Waals surface area (Å²) in [6.45, 7) is 3.72. The number of thioether (sulfide) groups is 1. The van der Waals surface area contributed by atoms with Crippen LogP contribution in [0, 0.1) is 5.92 Å². The number of carboxylic acid groups (broad SMARTS) is 1. The Labute approximate surface area is 214 Å². The Kier molecular flexibility index (Phi) is 13.5. The largest absolute Gasteiger partial charge is 0.480 e. The molecule has 0 fully saturated rings. The van der Waals surface area contributed by atoms with Crippen LogP contribution in [0.2, 0.25) is 0 Å². The summed E-state index contributed by atoms with van der Waals surface area (Å²) in [6, 6.07) is -4.36. The zero-order chi connectivity index (χ0) is 27.3. The number of nitrogens with two attached hydrogens (primary N) is 2. The Morgan fingerprint density at radius 2 is 1.64 bits per heavy atom. The highest BCUT2D eigenvalue weighted by molar-refractivity contribution is 7.98. The van der Waals surface area contributed by atoms with Crippen LogP contribution in [-0.2, 0) is 30.4 Å². The third-order valence-electron chi connectivity index (χ3n) is 5.21. The predicted octanol–water partition coefficient (Wildman–Crippen LogP) is -1.12. The zero-order valence-corrected chi connectivity index (χ0v) is 21.6. The van der Waals surface area contributed by atoms with Crippen molar-refractivity contribution in [3.63, 3.8) is 0 Å². The van der Waals surface area contributed by atoms with Crippen molar-refractivity contribution >= 4 is 41.4 Å². The van der Waals surface area contributed by atoms with Gasteiger partial charge in [0, 0.05) is 24.7 Å². The maximum Gasteiger partial charge on any atom is 0.326 e. The second-order valence-electron chi connectivity index (χ2n) is 8.83. The lowest BCUT2D eigenvalue weighted by atomic mass is 10.0. The standard InChI is InChI=1S/C22H37N7O6S/c1-12(2)8-17(29-19(31)14(23)9-13-10-25-11-26-13)21(33)27-15(4-5-18(24)30)20(32)28-16(22(34)35)6-7-36-3/h10-12,14-17H,4-9,23H2,1-3H3,(H2,24,30)(H,25,26)(H,27,33)(H,28,32)(H,29,31)(H,34,35). The fourth-order valence-corrected chi connectivity index (χ4v) is 3.77. The lowest BCUT2D eigenvalue weighted by molar-refractivity contribution is -0.142. The number of aromatic amines is 1. The molecule has 13 nitrogen and oxygen atoms in total. The third kappa shape index (κ3) is 11.5. The van der Waals surface area contributed by atoms with E-state index in [0.29, 0.717) is 11.4 Å². The Morgan fingerprint density at radius 3 is 2.17 bits per heavy atom. The van der Waals surface area contributed by atoms with Crippen LogP contribution in [-0.4, -0.2) is 80.8 Å². The molecular formula is C22H37N7O6S. The van der Waals surface area contributed by atoms with Crippen LogP contribution in [0.1, 0.15) is 45.2 Å². The molecule has 0 bridgehead atoms. The molecule has 0 saturated carbocycles. The van der Waals surface area contributed by atoms with Crippen molar-refractivity contribution in [2.24, 2.45) is 17.4 Å². The molecule has 14 heteroatoms. The van der Waals surface area contributed by atoms with Gasteiger partial charge >= 0.3 is 5.97 Å². The fourth-order valence-electron chi connectivity index (χ4n) is 3.30. The predicted molar refractivity (Wildman–Crippen MR) is 135 cm³/mol. The summed E-state index contributed by atoms with van der Waals surface area (Å²) >= 11 is 1.42. The maximum absolute atomic E-state index is 13.1. The van der Waals surface area contributed by atoms with Crippen molar-refractivity contribution < 1.29 is 29.1 Å². The van der Waals surface area contributed by atoms with Crippen LogP contribution in [0.5, 0.6) is 0 Å². The SMILES string of the molecule is CSCCC(NC(=O)C(CCC(N)=O)NC(=O)C(CC(C)C)NC(=O)C(N)Cc1cnc[nH]1)C(=O)O. The number of aliphatic carboxylic acids is 1. The van der Waals surface area contributed by atoms with Crippen LogP contribution >= 0.6 is 11.8 Å². The number of nitrogens with zero attached hydrogens (tertiary/aromatic N) is 1. The van der Waals surface area contributed by atoms with Gasteiger partial charge in [-0.15, -0.1) is 0 Å². The average Bonchev–Trinajstić information content (AvgIpc) is 3.30. The van der Waals surface area contributed by atoms with E-state index in [4.69, 9.17) is 11.5 Å². The van der Waals surface area contributed by atoms with Crippen LogP contribution in [0.25, 0.3) is 0 Å². The second kappa shape index (κ2) is 15.8. The van der Waals surface area contributed by atoms with E-state index in [2.05, 4.69) is 25.9 Å². The van der Waals surface area contributed by atoms with Crippen molar-refractivity contribution in [1.29, 1.82) is 0 Å². The third-order valence-corrected chi connectivity index (χ3v) is 5.85. The summed E-state index contributed by atoms with van der Waals surface area (Å²) in [5.74, 6) is -3.38. The molecule has 1 aromatic rings. The average molecular weight is 528 g/mol. The van der Waals surface area contributed by atoms with Gasteiger partial charge in [0.05, 0.1) is 12.4 Å². The van der Waals surface area contributed by atoms with E-state index in [1.165, 1.54) is 24.3 Å². The number of amides is 4. The number of H-pyrrole nitrogens is 1. The van der Waals surface area contributed by atoms with E-state index in [1.54, 1.807) is 6.26 Å². The molecule has 0 aromatic carbocycles. The highest BCUT2D eigenvalue weighted by Crippen LogP contribution is 2.09. The van der Waals surface area contributed by atoms with Gasteiger partial charge in [0.25, 0.3) is 0 Å². The summed E-state index contributed by atoms with van der Waals surface area (Å²) in [7, 11) is 0. The van der Waals surface area contributed by atoms with E-state index in [9.17, 15) is 29.1 Å². The highest BCUT2D eigenvalue weighted by atomic mass is 32.2. The molecule has 1 rings (SSSR count). The number of carbonyl (C=O) groups is 5. The Bertz CT molecular complexity index is 880. The van der Waals surface area contributed by atoms with Gasteiger partial charge in [-0.2, -0.15) is 11.8 Å². The number of carboxylic acids is 1. The van der Waals surface area contributed by atoms with Gasteiger partial charge in [-0.1, -0.05) is 13.8 Å². The molecule has 0 aliphatic rings. The summed E-state index contributed by atoms with van der Waals surface area (Å²) in [6.07, 6.45) is 5.07. The van der Waals surface area contributed by atoms with Gasteiger partial charge in [0.15, 0.2) is 0 Å². The van der Waals surface area contributed by atoms with Crippen LogP contribution < -0.4 is 27.4 Å². The van der Waals surface area contributed by atoms with Gasteiger partial charge in [-0.3, -0.25) is 19.2 Å². The number of aromatic nitrogens is 2. The molecule has 0 saturated heterocycles. The van der Waals surface area contributed by atoms with Gasteiger partial charge in [-0.05, 0) is 37.2 Å². The minimum Gasteiger partial charge on any atom is -0.480 e. The van der Waals surface area contributed by atoms with Crippen molar-refractivity contribution in [3.05, 3.63) is 18.2 Å². The number of rotatable bonds is 17. The van der Waals surface area contributed by atoms with E-state index < -0.39 is 53.8 Å². The first-order chi connectivity index (χ1) is 16.9. The molecule has 0 radical (unpaired) electrons. The summed E-state index contributed by atoms with van der Waals surface area (Å²) in [5.41, 5.74) is 11.8. The molecular weight excluding hydrogens is 490 g/mol. The monoisotopic (exact) mass is 527 g/mol. The molecule has 0 aliphatic heterocycles. The maximum atomic E-state index is 13.1. The van der Waals surface area contributed by atoms with E-state index in [1.807, 2.05) is 13.8 Å². The molecule has 1 heterocycles. The first-order valence-electron chi connectivity index (χ1n) is 11.6. The normalized spacial score (nSPS) is 14.4. The van der Waals surface area contributed by atoms with E-state index in [-0.39, 0.29) is 38.0 Å². The van der Waals surface area contributed by atoms with E-state index in [0.717, 1.165) is 0 Å². The van der Waals surface area contributed by atoms with Gasteiger partial charge in [-0.25, -0.2) is 9.78 Å². The van der Waals surface area contributed by atoms with Gasteiger partial charge in [0.2, 0.25) is 23.6 Å². The lowest BCUT2D eigenvalue weighted by Crippen LogP contribution is -2.57. The molecule has 36 heavy (non-hydrogen) atoms. The Balaban J connectivity index is 2.96. The minimum absolute atomic E-state index is 0.00529. The second-order valence-corrected chi connectivity index (χ2v) is 9.81. The zero-order valence-electron chi connectivity index (χ0n) is 20.8. The molecule has 0 aliphatic carbocycles. The number of nitrogens with one attached hydrogen (secondary N) is 4. The molecule has 4 unspecified atom stereocenters. The Morgan fingerprint density at radius 1 is 1.03 bits per heavy atom.